The van der Waals surface area contributed by atoms with Gasteiger partial charge in [-0.3, -0.25) is 9.69 Å². The van der Waals surface area contributed by atoms with Gasteiger partial charge in [-0.15, -0.1) is 0 Å². The maximum absolute atomic E-state index is 12.1. The zero-order valence-electron chi connectivity index (χ0n) is 15.3. The van der Waals surface area contributed by atoms with Gasteiger partial charge in [0.1, 0.15) is 17.7 Å². The fourth-order valence-corrected chi connectivity index (χ4v) is 2.83. The molecule has 140 valence electrons. The summed E-state index contributed by atoms with van der Waals surface area (Å²) in [6.45, 7) is 5.39. The Bertz CT molecular complexity index is 681. The summed E-state index contributed by atoms with van der Waals surface area (Å²) in [7, 11) is 2.05. The molecule has 1 aliphatic heterocycles. The number of rotatable bonds is 7. The Kier molecular flexibility index (Phi) is 6.25. The third-order valence-corrected chi connectivity index (χ3v) is 4.63. The van der Waals surface area contributed by atoms with Gasteiger partial charge >= 0.3 is 0 Å². The first-order chi connectivity index (χ1) is 12.6. The minimum atomic E-state index is -0.00135. The van der Waals surface area contributed by atoms with Crippen molar-refractivity contribution >= 4 is 5.91 Å². The van der Waals surface area contributed by atoms with Crippen LogP contribution in [0.3, 0.4) is 0 Å². The standard InChI is InChI=1S/C19H25N3O4/c1-15(18-7-10-26-20-18)21(2)13-16-3-5-17(6-4-16)25-14-19(23)22-8-11-24-12-9-22/h3-7,10,15H,8-9,11-14H2,1-2H3/t15-/m0/s1. The molecule has 0 N–H and O–H groups in total. The number of nitrogens with zero attached hydrogens (tertiary/aromatic N) is 3. The van der Waals surface area contributed by atoms with Crippen LogP contribution in [0.4, 0.5) is 0 Å². The topological polar surface area (TPSA) is 68.0 Å². The molecule has 0 aliphatic carbocycles. The zero-order chi connectivity index (χ0) is 18.4. The molecule has 0 radical (unpaired) electrons. The molecule has 1 amide bonds. The molecule has 1 atom stereocenters. The normalized spacial score (nSPS) is 15.9. The van der Waals surface area contributed by atoms with Gasteiger partial charge in [-0.1, -0.05) is 17.3 Å². The van der Waals surface area contributed by atoms with E-state index in [-0.39, 0.29) is 18.6 Å². The number of carbonyl (C=O) groups is 1. The summed E-state index contributed by atoms with van der Waals surface area (Å²) in [5, 5.41) is 3.99. The largest absolute Gasteiger partial charge is 0.484 e. The Labute approximate surface area is 153 Å². The van der Waals surface area contributed by atoms with E-state index < -0.39 is 0 Å². The lowest BCUT2D eigenvalue weighted by Gasteiger charge is -2.26. The van der Waals surface area contributed by atoms with Gasteiger partial charge in [-0.25, -0.2) is 0 Å². The van der Waals surface area contributed by atoms with Crippen LogP contribution in [0.25, 0.3) is 0 Å². The van der Waals surface area contributed by atoms with Gasteiger partial charge in [-0.2, -0.15) is 0 Å². The Morgan fingerprint density at radius 1 is 1.27 bits per heavy atom. The van der Waals surface area contributed by atoms with Crippen molar-refractivity contribution < 1.29 is 18.8 Å². The molecule has 1 aliphatic rings. The molecular formula is C19H25N3O4. The maximum Gasteiger partial charge on any atom is 0.260 e. The molecule has 1 aromatic carbocycles. The first kappa shape index (κ1) is 18.4. The SMILES string of the molecule is C[C@@H](c1ccon1)N(C)Cc1ccc(OCC(=O)N2CCOCC2)cc1. The van der Waals surface area contributed by atoms with Crippen LogP contribution in [0.2, 0.25) is 0 Å². The summed E-state index contributed by atoms with van der Waals surface area (Å²) in [6.07, 6.45) is 1.59. The van der Waals surface area contributed by atoms with Crippen LogP contribution in [0.1, 0.15) is 24.2 Å². The Hall–Kier alpha value is -2.38. The summed E-state index contributed by atoms with van der Waals surface area (Å²) in [4.78, 5) is 16.1. The highest BCUT2D eigenvalue weighted by Gasteiger charge is 2.17. The van der Waals surface area contributed by atoms with Crippen LogP contribution in [0, 0.1) is 0 Å². The van der Waals surface area contributed by atoms with E-state index in [1.165, 1.54) is 0 Å². The number of hydrogen-bond acceptors (Lipinski definition) is 6. The van der Waals surface area contributed by atoms with Crippen molar-refractivity contribution in [3.05, 3.63) is 47.9 Å². The third kappa shape index (κ3) is 4.83. The molecule has 0 spiro atoms. The molecular weight excluding hydrogens is 334 g/mol. The first-order valence-electron chi connectivity index (χ1n) is 8.81. The van der Waals surface area contributed by atoms with Gasteiger partial charge < -0.3 is 18.9 Å². The highest BCUT2D eigenvalue weighted by Crippen LogP contribution is 2.20. The predicted molar refractivity (Wildman–Crippen MR) is 95.7 cm³/mol. The number of aromatic nitrogens is 1. The molecule has 2 aromatic rings. The molecule has 3 rings (SSSR count). The third-order valence-electron chi connectivity index (χ3n) is 4.63. The molecule has 1 aromatic heterocycles. The second-order valence-corrected chi connectivity index (χ2v) is 6.44. The quantitative estimate of drug-likeness (QED) is 0.754. The van der Waals surface area contributed by atoms with Gasteiger partial charge in [0.25, 0.3) is 5.91 Å². The number of amides is 1. The van der Waals surface area contributed by atoms with Crippen LogP contribution in [-0.2, 0) is 16.1 Å². The van der Waals surface area contributed by atoms with Crippen molar-refractivity contribution in [3.8, 4) is 5.75 Å². The lowest BCUT2D eigenvalue weighted by atomic mass is 10.1. The van der Waals surface area contributed by atoms with Crippen LogP contribution in [0.5, 0.6) is 5.75 Å². The van der Waals surface area contributed by atoms with E-state index in [9.17, 15) is 4.79 Å². The Balaban J connectivity index is 1.47. The summed E-state index contributed by atoms with van der Waals surface area (Å²) in [6, 6.07) is 9.87. The molecule has 7 nitrogen and oxygen atoms in total. The fraction of sp³-hybridized carbons (Fsp3) is 0.474. The van der Waals surface area contributed by atoms with Gasteiger partial charge in [-0.05, 0) is 31.7 Å². The lowest BCUT2D eigenvalue weighted by Crippen LogP contribution is -2.42. The maximum atomic E-state index is 12.1. The van der Waals surface area contributed by atoms with E-state index in [4.69, 9.17) is 14.0 Å². The lowest BCUT2D eigenvalue weighted by molar-refractivity contribution is -0.137. The van der Waals surface area contributed by atoms with E-state index in [1.807, 2.05) is 37.4 Å². The van der Waals surface area contributed by atoms with Gasteiger partial charge in [0.15, 0.2) is 6.61 Å². The summed E-state index contributed by atoms with van der Waals surface area (Å²) >= 11 is 0. The highest BCUT2D eigenvalue weighted by molar-refractivity contribution is 5.77. The van der Waals surface area contributed by atoms with Crippen molar-refractivity contribution in [1.82, 2.24) is 15.0 Å². The van der Waals surface area contributed by atoms with Crippen molar-refractivity contribution in [2.24, 2.45) is 0 Å². The molecule has 1 saturated heterocycles. The van der Waals surface area contributed by atoms with Crippen molar-refractivity contribution in [3.63, 3.8) is 0 Å². The van der Waals surface area contributed by atoms with Gasteiger partial charge in [0.2, 0.25) is 0 Å². The first-order valence-corrected chi connectivity index (χ1v) is 8.81. The summed E-state index contributed by atoms with van der Waals surface area (Å²) < 4.78 is 15.8. The number of benzene rings is 1. The molecule has 0 saturated carbocycles. The van der Waals surface area contributed by atoms with Crippen LogP contribution in [0.15, 0.2) is 41.1 Å². The van der Waals surface area contributed by atoms with E-state index in [0.717, 1.165) is 17.8 Å². The van der Waals surface area contributed by atoms with E-state index in [1.54, 1.807) is 11.2 Å². The van der Waals surface area contributed by atoms with Crippen molar-refractivity contribution in [1.29, 1.82) is 0 Å². The van der Waals surface area contributed by atoms with E-state index in [0.29, 0.717) is 32.1 Å². The fourth-order valence-electron chi connectivity index (χ4n) is 2.83. The number of hydrogen-bond donors (Lipinski definition) is 0. The summed E-state index contributed by atoms with van der Waals surface area (Å²) in [5.41, 5.74) is 2.07. The average Bonchev–Trinajstić information content (AvgIpc) is 3.22. The molecule has 0 bridgehead atoms. The number of carbonyl (C=O) groups excluding carboxylic acids is 1. The molecule has 2 heterocycles. The van der Waals surface area contributed by atoms with Crippen molar-refractivity contribution in [2.75, 3.05) is 40.0 Å². The summed E-state index contributed by atoms with van der Waals surface area (Å²) in [5.74, 6) is 0.695. The smallest absolute Gasteiger partial charge is 0.260 e. The van der Waals surface area contributed by atoms with Crippen molar-refractivity contribution in [2.45, 2.75) is 19.5 Å². The van der Waals surface area contributed by atoms with Crippen LogP contribution >= 0.6 is 0 Å². The molecule has 0 unspecified atom stereocenters. The molecule has 7 heteroatoms. The van der Waals surface area contributed by atoms with E-state index >= 15 is 0 Å². The monoisotopic (exact) mass is 359 g/mol. The molecule has 26 heavy (non-hydrogen) atoms. The average molecular weight is 359 g/mol. The predicted octanol–water partition coefficient (Wildman–Crippen LogP) is 2.11. The van der Waals surface area contributed by atoms with Crippen LogP contribution in [-0.4, -0.2) is 60.8 Å². The van der Waals surface area contributed by atoms with Gasteiger partial charge in [0.05, 0.1) is 19.3 Å². The van der Waals surface area contributed by atoms with Gasteiger partial charge in [0, 0.05) is 25.7 Å². The highest BCUT2D eigenvalue weighted by atomic mass is 16.5. The second kappa shape index (κ2) is 8.82. The molecule has 1 fully saturated rings. The minimum Gasteiger partial charge on any atom is -0.484 e. The van der Waals surface area contributed by atoms with Crippen LogP contribution < -0.4 is 4.74 Å². The van der Waals surface area contributed by atoms with E-state index in [2.05, 4.69) is 17.0 Å². The minimum absolute atomic E-state index is 0.00135. The Morgan fingerprint density at radius 3 is 2.65 bits per heavy atom. The Morgan fingerprint density at radius 2 is 2.00 bits per heavy atom. The number of morpholine rings is 1. The second-order valence-electron chi connectivity index (χ2n) is 6.44. The number of ether oxygens (including phenoxy) is 2. The zero-order valence-corrected chi connectivity index (χ0v) is 15.3.